The van der Waals surface area contributed by atoms with Gasteiger partial charge in [0.2, 0.25) is 0 Å². The predicted molar refractivity (Wildman–Crippen MR) is 61.4 cm³/mol. The monoisotopic (exact) mass is 290 g/mol. The summed E-state index contributed by atoms with van der Waals surface area (Å²) in [6, 6.07) is 4.59. The lowest BCUT2D eigenvalue weighted by atomic mass is 10.2. The van der Waals surface area contributed by atoms with E-state index in [1.165, 1.54) is 12.1 Å². The molecule has 1 aromatic heterocycles. The summed E-state index contributed by atoms with van der Waals surface area (Å²) in [7, 11) is 0. The first-order valence-corrected chi connectivity index (χ1v) is 5.34. The van der Waals surface area contributed by atoms with Crippen molar-refractivity contribution in [1.29, 1.82) is 0 Å². The number of para-hydroxylation sites is 1. The molecule has 0 saturated heterocycles. The molecular formula is C11H6ClF3N2O2. The summed E-state index contributed by atoms with van der Waals surface area (Å²) in [6.07, 6.45) is -3.55. The van der Waals surface area contributed by atoms with Gasteiger partial charge in [0.1, 0.15) is 5.75 Å². The first kappa shape index (κ1) is 13.4. The van der Waals surface area contributed by atoms with E-state index in [-0.39, 0.29) is 10.8 Å². The first-order chi connectivity index (χ1) is 8.89. The summed E-state index contributed by atoms with van der Waals surface area (Å²) >= 11 is 5.62. The molecule has 0 atom stereocenters. The standard InChI is InChI=1S/C11H6ClF3N2O2/c12-9-8(5-16-17-10(9)18)19-7-4-2-1-3-6(7)11(13,14)15/h1-5H,(H,17,18). The van der Waals surface area contributed by atoms with Gasteiger partial charge in [-0.3, -0.25) is 4.79 Å². The normalized spacial score (nSPS) is 11.4. The summed E-state index contributed by atoms with van der Waals surface area (Å²) in [6.45, 7) is 0. The van der Waals surface area contributed by atoms with E-state index >= 15 is 0 Å². The van der Waals surface area contributed by atoms with Gasteiger partial charge in [-0.2, -0.15) is 18.3 Å². The Morgan fingerprint density at radius 2 is 1.89 bits per heavy atom. The fourth-order valence-corrected chi connectivity index (χ4v) is 1.48. The summed E-state index contributed by atoms with van der Waals surface area (Å²) in [5.41, 5.74) is -1.71. The zero-order valence-electron chi connectivity index (χ0n) is 9.16. The molecule has 0 aliphatic heterocycles. The number of H-pyrrole nitrogens is 1. The minimum Gasteiger partial charge on any atom is -0.453 e. The summed E-state index contributed by atoms with van der Waals surface area (Å²) in [5, 5.41) is 5.07. The number of halogens is 4. The van der Waals surface area contributed by atoms with Gasteiger partial charge in [0, 0.05) is 0 Å². The van der Waals surface area contributed by atoms with Gasteiger partial charge >= 0.3 is 6.18 Å². The van der Waals surface area contributed by atoms with Crippen molar-refractivity contribution in [2.75, 3.05) is 0 Å². The van der Waals surface area contributed by atoms with Crippen molar-refractivity contribution < 1.29 is 17.9 Å². The van der Waals surface area contributed by atoms with Gasteiger partial charge in [-0.1, -0.05) is 23.7 Å². The highest BCUT2D eigenvalue weighted by molar-refractivity contribution is 6.31. The van der Waals surface area contributed by atoms with E-state index in [1.54, 1.807) is 0 Å². The summed E-state index contributed by atoms with van der Waals surface area (Å²) in [5.74, 6) is -0.702. The molecule has 0 bridgehead atoms. The number of hydrogen-bond acceptors (Lipinski definition) is 3. The van der Waals surface area contributed by atoms with Crippen LogP contribution in [0.3, 0.4) is 0 Å². The number of benzene rings is 1. The van der Waals surface area contributed by atoms with Crippen LogP contribution < -0.4 is 10.3 Å². The highest BCUT2D eigenvalue weighted by atomic mass is 35.5. The van der Waals surface area contributed by atoms with Gasteiger partial charge in [-0.15, -0.1) is 0 Å². The molecule has 0 unspecified atom stereocenters. The van der Waals surface area contributed by atoms with Gasteiger partial charge in [-0.25, -0.2) is 5.10 Å². The number of hydrogen-bond donors (Lipinski definition) is 1. The number of aromatic amines is 1. The van der Waals surface area contributed by atoms with Crippen molar-refractivity contribution in [3.63, 3.8) is 0 Å². The van der Waals surface area contributed by atoms with E-state index in [9.17, 15) is 18.0 Å². The third-order valence-corrected chi connectivity index (χ3v) is 2.53. The third kappa shape index (κ3) is 2.87. The molecule has 1 N–H and O–H groups in total. The molecule has 2 rings (SSSR count). The zero-order chi connectivity index (χ0) is 14.0. The first-order valence-electron chi connectivity index (χ1n) is 4.97. The molecule has 0 amide bonds. The van der Waals surface area contributed by atoms with Crippen molar-refractivity contribution in [3.05, 3.63) is 51.4 Å². The van der Waals surface area contributed by atoms with Gasteiger partial charge in [0.05, 0.1) is 11.8 Å². The van der Waals surface area contributed by atoms with E-state index in [0.29, 0.717) is 0 Å². The minimum atomic E-state index is -4.57. The van der Waals surface area contributed by atoms with Crippen LogP contribution in [0.5, 0.6) is 11.5 Å². The Balaban J connectivity index is 2.45. The predicted octanol–water partition coefficient (Wildman–Crippen LogP) is 3.23. The van der Waals surface area contributed by atoms with Crippen molar-refractivity contribution in [2.45, 2.75) is 6.18 Å². The number of nitrogens with one attached hydrogen (secondary N) is 1. The van der Waals surface area contributed by atoms with Gasteiger partial charge in [-0.05, 0) is 12.1 Å². The second kappa shape index (κ2) is 4.93. The van der Waals surface area contributed by atoms with Crippen LogP contribution in [0.2, 0.25) is 5.02 Å². The third-order valence-electron chi connectivity index (χ3n) is 2.18. The molecule has 19 heavy (non-hydrogen) atoms. The fraction of sp³-hybridized carbons (Fsp3) is 0.0909. The Labute approximate surface area is 109 Å². The smallest absolute Gasteiger partial charge is 0.419 e. The number of nitrogens with zero attached hydrogens (tertiary/aromatic N) is 1. The average molecular weight is 291 g/mol. The van der Waals surface area contributed by atoms with Crippen LogP contribution in [0, 0.1) is 0 Å². The van der Waals surface area contributed by atoms with Crippen molar-refractivity contribution in [2.24, 2.45) is 0 Å². The maximum atomic E-state index is 12.7. The summed E-state index contributed by atoms with van der Waals surface area (Å²) < 4.78 is 43.2. The Bertz CT molecular complexity index is 655. The number of alkyl halides is 3. The van der Waals surface area contributed by atoms with Crippen LogP contribution in [-0.4, -0.2) is 10.2 Å². The highest BCUT2D eigenvalue weighted by Crippen LogP contribution is 2.38. The van der Waals surface area contributed by atoms with Crippen LogP contribution in [-0.2, 0) is 6.18 Å². The minimum absolute atomic E-state index is 0.248. The molecule has 100 valence electrons. The lowest BCUT2D eigenvalue weighted by Gasteiger charge is -2.13. The maximum Gasteiger partial charge on any atom is 0.419 e. The molecule has 4 nitrogen and oxygen atoms in total. The molecule has 0 fully saturated rings. The molecular weight excluding hydrogens is 285 g/mol. The SMILES string of the molecule is O=c1[nH]ncc(Oc2ccccc2C(F)(F)F)c1Cl. The van der Waals surface area contributed by atoms with Crippen molar-refractivity contribution in [1.82, 2.24) is 10.2 Å². The fourth-order valence-electron chi connectivity index (χ4n) is 1.35. The Morgan fingerprint density at radius 1 is 1.21 bits per heavy atom. The lowest BCUT2D eigenvalue weighted by molar-refractivity contribution is -0.138. The average Bonchev–Trinajstić information content (AvgIpc) is 2.34. The Morgan fingerprint density at radius 3 is 2.58 bits per heavy atom. The van der Waals surface area contributed by atoms with Gasteiger partial charge in [0.25, 0.3) is 5.56 Å². The molecule has 2 aromatic rings. The van der Waals surface area contributed by atoms with Gasteiger partial charge in [0.15, 0.2) is 10.8 Å². The largest absolute Gasteiger partial charge is 0.453 e. The van der Waals surface area contributed by atoms with Crippen LogP contribution in [0.1, 0.15) is 5.56 Å². The van der Waals surface area contributed by atoms with Gasteiger partial charge < -0.3 is 4.74 Å². The zero-order valence-corrected chi connectivity index (χ0v) is 9.92. The number of ether oxygens (including phenoxy) is 1. The maximum absolute atomic E-state index is 12.7. The van der Waals surface area contributed by atoms with Crippen LogP contribution in [0.25, 0.3) is 0 Å². The molecule has 0 aliphatic rings. The molecule has 1 aromatic carbocycles. The van der Waals surface area contributed by atoms with Crippen LogP contribution in [0.15, 0.2) is 35.3 Å². The highest BCUT2D eigenvalue weighted by Gasteiger charge is 2.34. The second-order valence-corrected chi connectivity index (χ2v) is 3.85. The Kier molecular flexibility index (Phi) is 3.48. The summed E-state index contributed by atoms with van der Waals surface area (Å²) in [4.78, 5) is 11.2. The van der Waals surface area contributed by atoms with Crippen LogP contribution >= 0.6 is 11.6 Å². The lowest BCUT2D eigenvalue weighted by Crippen LogP contribution is -2.10. The quantitative estimate of drug-likeness (QED) is 0.924. The molecule has 0 radical (unpaired) electrons. The number of rotatable bonds is 2. The van der Waals surface area contributed by atoms with Crippen LogP contribution in [0.4, 0.5) is 13.2 Å². The van der Waals surface area contributed by atoms with E-state index in [0.717, 1.165) is 18.3 Å². The second-order valence-electron chi connectivity index (χ2n) is 3.47. The molecule has 0 spiro atoms. The Hall–Kier alpha value is -2.02. The molecule has 0 saturated carbocycles. The number of aromatic nitrogens is 2. The van der Waals surface area contributed by atoms with E-state index < -0.39 is 23.0 Å². The molecule has 0 aliphatic carbocycles. The van der Waals surface area contributed by atoms with E-state index in [4.69, 9.17) is 16.3 Å². The van der Waals surface area contributed by atoms with Crippen molar-refractivity contribution >= 4 is 11.6 Å². The molecule has 1 heterocycles. The topological polar surface area (TPSA) is 55.0 Å². The van der Waals surface area contributed by atoms with E-state index in [1.807, 2.05) is 5.10 Å². The molecule has 8 heteroatoms. The van der Waals surface area contributed by atoms with Crippen molar-refractivity contribution in [3.8, 4) is 11.5 Å². The van der Waals surface area contributed by atoms with E-state index in [2.05, 4.69) is 5.10 Å².